The summed E-state index contributed by atoms with van der Waals surface area (Å²) in [7, 11) is 3.44. The Morgan fingerprint density at radius 2 is 1.96 bits per heavy atom. The highest BCUT2D eigenvalue weighted by Gasteiger charge is 2.36. The molecule has 8 heteroatoms. The van der Waals surface area contributed by atoms with Gasteiger partial charge >= 0.3 is 0 Å². The minimum absolute atomic E-state index is 0.110. The van der Waals surface area contributed by atoms with Crippen LogP contribution in [0.1, 0.15) is 24.8 Å². The maximum absolute atomic E-state index is 6.53. The Labute approximate surface area is 177 Å². The topological polar surface area (TPSA) is 64.1 Å². The van der Waals surface area contributed by atoms with E-state index in [0.29, 0.717) is 43.1 Å². The first-order valence-electron chi connectivity index (χ1n) is 9.66. The van der Waals surface area contributed by atoms with Gasteiger partial charge in [-0.3, -0.25) is 4.99 Å². The zero-order chi connectivity index (χ0) is 20.2. The molecule has 0 radical (unpaired) electrons. The van der Waals surface area contributed by atoms with E-state index in [1.54, 1.807) is 14.2 Å². The summed E-state index contributed by atoms with van der Waals surface area (Å²) in [5, 5.41) is 8.15. The molecule has 1 aromatic carbocycles. The molecule has 0 unspecified atom stereocenters. The first-order chi connectivity index (χ1) is 13.6. The molecule has 1 saturated heterocycles. The minimum atomic E-state index is -0.110. The first-order valence-corrected chi connectivity index (χ1v) is 10.4. The highest BCUT2D eigenvalue weighted by molar-refractivity contribution is 6.35. The lowest BCUT2D eigenvalue weighted by Crippen LogP contribution is -2.48. The Hall–Kier alpha value is -1.05. The van der Waals surface area contributed by atoms with Gasteiger partial charge in [0.2, 0.25) is 0 Å². The summed E-state index contributed by atoms with van der Waals surface area (Å²) in [5.74, 6) is 0.771. The highest BCUT2D eigenvalue weighted by atomic mass is 35.5. The Bertz CT molecular complexity index is 623. The van der Waals surface area contributed by atoms with Crippen LogP contribution in [-0.2, 0) is 19.6 Å². The number of nitrogens with zero attached hydrogens (tertiary/aromatic N) is 1. The second-order valence-corrected chi connectivity index (χ2v) is 7.67. The van der Waals surface area contributed by atoms with Crippen LogP contribution in [-0.4, -0.2) is 66.2 Å². The molecule has 28 heavy (non-hydrogen) atoms. The van der Waals surface area contributed by atoms with Crippen LogP contribution in [0.15, 0.2) is 23.2 Å². The smallest absolute Gasteiger partial charge is 0.191 e. The number of aliphatic imine (C=N–C) groups is 1. The molecule has 0 atom stereocenters. The summed E-state index contributed by atoms with van der Waals surface area (Å²) < 4.78 is 16.0. The van der Waals surface area contributed by atoms with Gasteiger partial charge in [-0.1, -0.05) is 29.3 Å². The summed E-state index contributed by atoms with van der Waals surface area (Å²) >= 11 is 12.6. The van der Waals surface area contributed by atoms with E-state index in [1.165, 1.54) is 0 Å². The number of nitrogens with one attached hydrogen (secondary N) is 2. The van der Waals surface area contributed by atoms with Crippen LogP contribution in [0.3, 0.4) is 0 Å². The second kappa shape index (κ2) is 12.5. The van der Waals surface area contributed by atoms with Crippen molar-refractivity contribution in [2.45, 2.75) is 24.7 Å². The summed E-state index contributed by atoms with van der Waals surface area (Å²) in [5.41, 5.74) is 0.997. The van der Waals surface area contributed by atoms with Gasteiger partial charge in [0.15, 0.2) is 5.96 Å². The fraction of sp³-hybridized carbons (Fsp3) is 0.650. The van der Waals surface area contributed by atoms with Gasteiger partial charge in [0.1, 0.15) is 0 Å². The monoisotopic (exact) mass is 431 g/mol. The van der Waals surface area contributed by atoms with E-state index in [9.17, 15) is 0 Å². The van der Waals surface area contributed by atoms with Gasteiger partial charge in [0.25, 0.3) is 0 Å². The van der Waals surface area contributed by atoms with Gasteiger partial charge in [0, 0.05) is 62.5 Å². The van der Waals surface area contributed by atoms with Crippen molar-refractivity contribution in [3.63, 3.8) is 0 Å². The summed E-state index contributed by atoms with van der Waals surface area (Å²) in [4.78, 5) is 4.33. The number of hydrogen-bond acceptors (Lipinski definition) is 4. The molecule has 1 aliphatic rings. The van der Waals surface area contributed by atoms with Crippen LogP contribution < -0.4 is 10.6 Å². The third-order valence-electron chi connectivity index (χ3n) is 4.96. The fourth-order valence-corrected chi connectivity index (χ4v) is 3.93. The second-order valence-electron chi connectivity index (χ2n) is 6.83. The van der Waals surface area contributed by atoms with Crippen LogP contribution in [0.4, 0.5) is 0 Å². The zero-order valence-electron chi connectivity index (χ0n) is 16.7. The van der Waals surface area contributed by atoms with Crippen molar-refractivity contribution in [1.82, 2.24) is 10.6 Å². The third kappa shape index (κ3) is 7.08. The SMILES string of the molecule is CN=C(NCCCOCCOC)NCC1(c2ccc(Cl)cc2Cl)CCOCC1. The summed E-state index contributed by atoms with van der Waals surface area (Å²) in [6.45, 7) is 4.86. The zero-order valence-corrected chi connectivity index (χ0v) is 18.2. The largest absolute Gasteiger partial charge is 0.382 e. The van der Waals surface area contributed by atoms with E-state index in [4.69, 9.17) is 37.4 Å². The Morgan fingerprint density at radius 3 is 2.64 bits per heavy atom. The molecular formula is C20H31Cl2N3O3. The molecule has 1 aromatic rings. The normalized spacial score (nSPS) is 16.8. The van der Waals surface area contributed by atoms with Crippen LogP contribution >= 0.6 is 23.2 Å². The minimum Gasteiger partial charge on any atom is -0.382 e. The number of halogens is 2. The van der Waals surface area contributed by atoms with Crippen molar-refractivity contribution in [3.05, 3.63) is 33.8 Å². The van der Waals surface area contributed by atoms with Crippen molar-refractivity contribution < 1.29 is 14.2 Å². The highest BCUT2D eigenvalue weighted by Crippen LogP contribution is 2.39. The van der Waals surface area contributed by atoms with Crippen molar-refractivity contribution in [3.8, 4) is 0 Å². The van der Waals surface area contributed by atoms with E-state index in [0.717, 1.165) is 43.9 Å². The molecule has 0 bridgehead atoms. The summed E-state index contributed by atoms with van der Waals surface area (Å²) in [6, 6.07) is 5.74. The maximum atomic E-state index is 6.53. The fourth-order valence-electron chi connectivity index (χ4n) is 3.32. The number of ether oxygens (including phenoxy) is 3. The third-order valence-corrected chi connectivity index (χ3v) is 5.51. The number of methoxy groups -OCH3 is 1. The van der Waals surface area contributed by atoms with Gasteiger partial charge < -0.3 is 24.8 Å². The van der Waals surface area contributed by atoms with Crippen LogP contribution in [0.2, 0.25) is 10.0 Å². The lowest BCUT2D eigenvalue weighted by atomic mass is 9.74. The van der Waals surface area contributed by atoms with Crippen molar-refractivity contribution in [1.29, 1.82) is 0 Å². The Morgan fingerprint density at radius 1 is 1.18 bits per heavy atom. The molecule has 6 nitrogen and oxygen atoms in total. The van der Waals surface area contributed by atoms with E-state index in [2.05, 4.69) is 15.6 Å². The van der Waals surface area contributed by atoms with Gasteiger partial charge in [0.05, 0.1) is 13.2 Å². The van der Waals surface area contributed by atoms with Gasteiger partial charge in [-0.05, 0) is 37.0 Å². The molecular weight excluding hydrogens is 401 g/mol. The Kier molecular flexibility index (Phi) is 10.4. The molecule has 0 aliphatic carbocycles. The van der Waals surface area contributed by atoms with Gasteiger partial charge in [-0.15, -0.1) is 0 Å². The average molecular weight is 432 g/mol. The van der Waals surface area contributed by atoms with Crippen LogP contribution in [0.5, 0.6) is 0 Å². The molecule has 0 saturated carbocycles. The number of hydrogen-bond donors (Lipinski definition) is 2. The average Bonchev–Trinajstić information content (AvgIpc) is 2.70. The molecule has 2 rings (SSSR count). The molecule has 0 amide bonds. The maximum Gasteiger partial charge on any atom is 0.191 e. The quantitative estimate of drug-likeness (QED) is 0.338. The van der Waals surface area contributed by atoms with Crippen molar-refractivity contribution in [2.24, 2.45) is 4.99 Å². The molecule has 1 aliphatic heterocycles. The molecule has 1 fully saturated rings. The Balaban J connectivity index is 1.90. The van der Waals surface area contributed by atoms with Crippen LogP contribution in [0, 0.1) is 0 Å². The first kappa shape index (κ1) is 23.2. The number of benzene rings is 1. The van der Waals surface area contributed by atoms with Gasteiger partial charge in [-0.2, -0.15) is 0 Å². The van der Waals surface area contributed by atoms with Gasteiger partial charge in [-0.25, -0.2) is 0 Å². The molecule has 0 aromatic heterocycles. The lowest BCUT2D eigenvalue weighted by Gasteiger charge is -2.39. The molecule has 1 heterocycles. The van der Waals surface area contributed by atoms with E-state index in [-0.39, 0.29) is 5.41 Å². The number of guanidine groups is 1. The number of rotatable bonds is 10. The molecule has 0 spiro atoms. The molecule has 158 valence electrons. The van der Waals surface area contributed by atoms with E-state index < -0.39 is 0 Å². The summed E-state index contributed by atoms with van der Waals surface area (Å²) in [6.07, 6.45) is 2.68. The molecule has 2 N–H and O–H groups in total. The van der Waals surface area contributed by atoms with Crippen LogP contribution in [0.25, 0.3) is 0 Å². The predicted molar refractivity (Wildman–Crippen MR) is 115 cm³/mol. The van der Waals surface area contributed by atoms with Crippen molar-refractivity contribution >= 4 is 29.2 Å². The van der Waals surface area contributed by atoms with E-state index >= 15 is 0 Å². The predicted octanol–water partition coefficient (Wildman–Crippen LogP) is 3.26. The van der Waals surface area contributed by atoms with E-state index in [1.807, 2.05) is 18.2 Å². The standard InChI is InChI=1S/C20H31Cl2N3O3/c1-23-19(24-8-3-9-27-13-12-26-2)25-15-20(6-10-28-11-7-20)17-5-4-16(21)14-18(17)22/h4-5,14H,3,6-13,15H2,1-2H3,(H2,23,24,25). The lowest BCUT2D eigenvalue weighted by molar-refractivity contribution is 0.0514. The van der Waals surface area contributed by atoms with Crippen molar-refractivity contribution in [2.75, 3.05) is 60.3 Å².